The van der Waals surface area contributed by atoms with Gasteiger partial charge in [-0.2, -0.15) is 0 Å². The molecule has 0 bridgehead atoms. The van der Waals surface area contributed by atoms with E-state index in [1.54, 1.807) is 7.11 Å². The number of carbonyl (C=O) groups is 1. The molecule has 208 valence electrons. The minimum Gasteiger partial charge on any atom is -0.469 e. The molecular weight excluding hydrogens is 462 g/mol. The summed E-state index contributed by atoms with van der Waals surface area (Å²) in [7, 11) is 1.57. The predicted octanol–water partition coefficient (Wildman–Crippen LogP) is 7.01. The highest BCUT2D eigenvalue weighted by molar-refractivity contribution is 5.94. The van der Waals surface area contributed by atoms with Crippen molar-refractivity contribution in [3.05, 3.63) is 12.2 Å². The normalized spacial score (nSPS) is 53.4. The fourth-order valence-corrected chi connectivity index (χ4v) is 11.9. The van der Waals surface area contributed by atoms with Crippen LogP contribution in [-0.2, 0) is 9.53 Å². The van der Waals surface area contributed by atoms with Crippen LogP contribution in [0.4, 0.5) is 0 Å². The van der Waals surface area contributed by atoms with E-state index in [4.69, 9.17) is 4.74 Å². The molecule has 37 heavy (non-hydrogen) atoms. The monoisotopic (exact) mass is 513 g/mol. The third-order valence-corrected chi connectivity index (χ3v) is 14.3. The first-order chi connectivity index (χ1) is 17.1. The van der Waals surface area contributed by atoms with Crippen LogP contribution in [0.25, 0.3) is 0 Å². The van der Waals surface area contributed by atoms with Gasteiger partial charge in [-0.05, 0) is 117 Å². The van der Waals surface area contributed by atoms with Crippen molar-refractivity contribution < 1.29 is 19.8 Å². The molecular formula is C32H51NO4. The van der Waals surface area contributed by atoms with Crippen molar-refractivity contribution >= 4 is 11.7 Å². The first-order valence-corrected chi connectivity index (χ1v) is 14.8. The molecule has 5 heteroatoms. The van der Waals surface area contributed by atoms with E-state index in [0.717, 1.165) is 51.4 Å². The highest BCUT2D eigenvalue weighted by Crippen LogP contribution is 2.77. The molecule has 0 aromatic heterocycles. The number of allylic oxidation sites excluding steroid dienone is 1. The summed E-state index contributed by atoms with van der Waals surface area (Å²) in [5.74, 6) is 1.99. The van der Waals surface area contributed by atoms with Gasteiger partial charge in [0, 0.05) is 5.41 Å². The Morgan fingerprint density at radius 1 is 0.946 bits per heavy atom. The van der Waals surface area contributed by atoms with E-state index in [2.05, 4.69) is 53.3 Å². The number of aliphatic hydroxyl groups is 1. The van der Waals surface area contributed by atoms with Crippen LogP contribution in [0.5, 0.6) is 0 Å². The average molecular weight is 514 g/mol. The Hall–Kier alpha value is -1.36. The lowest BCUT2D eigenvalue weighted by atomic mass is 9.31. The molecule has 5 fully saturated rings. The zero-order valence-corrected chi connectivity index (χ0v) is 24.6. The van der Waals surface area contributed by atoms with Gasteiger partial charge in [-0.1, -0.05) is 51.9 Å². The highest BCUT2D eigenvalue weighted by atomic mass is 16.5. The van der Waals surface area contributed by atoms with Gasteiger partial charge in [0.2, 0.25) is 0 Å². The maximum atomic E-state index is 13.4. The Morgan fingerprint density at radius 3 is 2.22 bits per heavy atom. The van der Waals surface area contributed by atoms with Crippen molar-refractivity contribution in [1.29, 1.82) is 0 Å². The lowest BCUT2D eigenvalue weighted by molar-refractivity contribution is -0.243. The molecule has 0 amide bonds. The molecule has 0 aliphatic heterocycles. The highest BCUT2D eigenvalue weighted by Gasteiger charge is 2.73. The first-order valence-electron chi connectivity index (χ1n) is 14.8. The van der Waals surface area contributed by atoms with Gasteiger partial charge < -0.3 is 15.1 Å². The molecule has 0 heterocycles. The van der Waals surface area contributed by atoms with Gasteiger partial charge in [0.1, 0.15) is 5.60 Å². The van der Waals surface area contributed by atoms with E-state index >= 15 is 0 Å². The molecule has 5 saturated carbocycles. The summed E-state index contributed by atoms with van der Waals surface area (Å²) in [6.07, 6.45) is 9.04. The zero-order chi connectivity index (χ0) is 27.4. The number of hydrogen-bond acceptors (Lipinski definition) is 5. The van der Waals surface area contributed by atoms with Crippen LogP contribution in [0.1, 0.15) is 106 Å². The fourth-order valence-electron chi connectivity index (χ4n) is 11.9. The Bertz CT molecular complexity index is 1030. The van der Waals surface area contributed by atoms with Crippen LogP contribution in [0.3, 0.4) is 0 Å². The van der Waals surface area contributed by atoms with Gasteiger partial charge in [0.05, 0.1) is 18.2 Å². The SMILES string of the molecule is C=C(C)[C@@H]1CC[C@]2(C(=O)OC)CC[C@]3(C)[C@H](CC[C@@H]4[C@@]5(C)C/C(=N\O)[C@](C)(O)C(C)(C)[C@@H]5CC[C@]43C)[C@@H]12. The molecule has 5 aliphatic rings. The number of oxime groups is 1. The molecule has 0 spiro atoms. The lowest BCUT2D eigenvalue weighted by Crippen LogP contribution is -2.70. The zero-order valence-electron chi connectivity index (χ0n) is 24.6. The van der Waals surface area contributed by atoms with Crippen molar-refractivity contribution in [3.8, 4) is 0 Å². The van der Waals surface area contributed by atoms with Crippen LogP contribution in [0, 0.1) is 56.7 Å². The standard InChI is InChI=1S/C32H51NO4/c1-19(2)20-12-15-32(26(34)37-9)17-16-29(6)21(25(20)32)10-11-23-28(5)18-24(33-36)31(8,35)27(3,4)22(28)13-14-30(23,29)7/h20-23,25,35-36H,1,10-18H2,2-9H3/b33-24+/t20-,21+,22-,23+,25+,28-,29+,30+,31-,32-/m0/s1. The maximum absolute atomic E-state index is 13.4. The number of rotatable bonds is 2. The number of methoxy groups -OCH3 is 1. The quantitative estimate of drug-likeness (QED) is 0.180. The summed E-state index contributed by atoms with van der Waals surface area (Å²) in [4.78, 5) is 13.4. The van der Waals surface area contributed by atoms with Crippen molar-refractivity contribution in [2.75, 3.05) is 7.11 Å². The lowest BCUT2D eigenvalue weighted by Gasteiger charge is -2.73. The Labute approximate surface area is 224 Å². The van der Waals surface area contributed by atoms with Gasteiger partial charge in [0.15, 0.2) is 0 Å². The van der Waals surface area contributed by atoms with Crippen LogP contribution >= 0.6 is 0 Å². The maximum Gasteiger partial charge on any atom is 0.312 e. The van der Waals surface area contributed by atoms with E-state index in [1.165, 1.54) is 5.57 Å². The van der Waals surface area contributed by atoms with Crippen molar-refractivity contribution in [2.24, 2.45) is 61.8 Å². The summed E-state index contributed by atoms with van der Waals surface area (Å²) in [5, 5.41) is 25.3. The molecule has 0 aromatic rings. The Kier molecular flexibility index (Phi) is 5.95. The second kappa shape index (κ2) is 8.08. The van der Waals surface area contributed by atoms with Crippen LogP contribution in [0.2, 0.25) is 0 Å². The van der Waals surface area contributed by atoms with Crippen molar-refractivity contribution in [1.82, 2.24) is 0 Å². The minimum atomic E-state index is -1.12. The van der Waals surface area contributed by atoms with Crippen LogP contribution in [0.15, 0.2) is 17.3 Å². The molecule has 2 N–H and O–H groups in total. The largest absolute Gasteiger partial charge is 0.469 e. The summed E-state index contributed by atoms with van der Waals surface area (Å²) in [5.41, 5.74) is 0.0795. The summed E-state index contributed by atoms with van der Waals surface area (Å²) >= 11 is 0. The molecule has 5 nitrogen and oxygen atoms in total. The van der Waals surface area contributed by atoms with Gasteiger partial charge in [0.25, 0.3) is 0 Å². The topological polar surface area (TPSA) is 79.1 Å². The van der Waals surface area contributed by atoms with Crippen LogP contribution in [-0.4, -0.2) is 34.7 Å². The third-order valence-electron chi connectivity index (χ3n) is 14.3. The smallest absolute Gasteiger partial charge is 0.312 e. The van der Waals surface area contributed by atoms with Gasteiger partial charge in [-0.3, -0.25) is 4.79 Å². The molecule has 0 aromatic carbocycles. The van der Waals surface area contributed by atoms with Crippen LogP contribution < -0.4 is 0 Å². The van der Waals surface area contributed by atoms with Gasteiger partial charge >= 0.3 is 5.97 Å². The number of fused-ring (bicyclic) bond motifs is 7. The van der Waals surface area contributed by atoms with Gasteiger partial charge in [-0.25, -0.2) is 0 Å². The number of ether oxygens (including phenoxy) is 1. The molecule has 10 atom stereocenters. The Balaban J connectivity index is 1.59. The summed E-state index contributed by atoms with van der Waals surface area (Å²) in [6, 6.07) is 0. The minimum absolute atomic E-state index is 0.00584. The Morgan fingerprint density at radius 2 is 1.62 bits per heavy atom. The molecule has 0 saturated heterocycles. The third kappa shape index (κ3) is 3.07. The second-order valence-corrected chi connectivity index (χ2v) is 15.4. The summed E-state index contributed by atoms with van der Waals surface area (Å²) in [6.45, 7) is 20.3. The predicted molar refractivity (Wildman–Crippen MR) is 146 cm³/mol. The average Bonchev–Trinajstić information content (AvgIpc) is 3.23. The van der Waals surface area contributed by atoms with Crippen molar-refractivity contribution in [2.45, 2.75) is 112 Å². The summed E-state index contributed by atoms with van der Waals surface area (Å²) < 4.78 is 5.49. The molecule has 0 radical (unpaired) electrons. The molecule has 0 unspecified atom stereocenters. The number of nitrogens with zero attached hydrogens (tertiary/aromatic N) is 1. The van der Waals surface area contributed by atoms with E-state index < -0.39 is 5.60 Å². The fraction of sp³-hybridized carbons (Fsp3) is 0.875. The number of esters is 1. The first kappa shape index (κ1) is 27.2. The number of hydrogen-bond donors (Lipinski definition) is 2. The molecule has 5 rings (SSSR count). The van der Waals surface area contributed by atoms with E-state index in [1.807, 2.05) is 6.92 Å². The van der Waals surface area contributed by atoms with Crippen molar-refractivity contribution in [3.63, 3.8) is 0 Å². The second-order valence-electron chi connectivity index (χ2n) is 15.4. The van der Waals surface area contributed by atoms with E-state index in [-0.39, 0.29) is 33.0 Å². The van der Waals surface area contributed by atoms with E-state index in [0.29, 0.717) is 41.7 Å². The van der Waals surface area contributed by atoms with Gasteiger partial charge in [-0.15, -0.1) is 0 Å². The number of carbonyl (C=O) groups excluding carboxylic acids is 1. The van der Waals surface area contributed by atoms with E-state index in [9.17, 15) is 15.1 Å². The molecule has 5 aliphatic carbocycles.